The van der Waals surface area contributed by atoms with Crippen molar-refractivity contribution in [3.8, 4) is 6.08 Å². The van der Waals surface area contributed by atoms with E-state index in [0.29, 0.717) is 17.6 Å². The fraction of sp³-hybridized carbons (Fsp3) is 0.222. The minimum atomic E-state index is -2.94. The minimum Gasteiger partial charge on any atom is -0.409 e. The molecule has 2 aromatic rings. The fourth-order valence-corrected chi connectivity index (χ4v) is 1.20. The van der Waals surface area contributed by atoms with E-state index in [1.165, 1.54) is 0 Å². The van der Waals surface area contributed by atoms with Gasteiger partial charge in [-0.2, -0.15) is 13.8 Å². The van der Waals surface area contributed by atoms with E-state index < -0.39 is 12.7 Å². The van der Waals surface area contributed by atoms with Gasteiger partial charge in [0.2, 0.25) is 0 Å². The number of aromatic nitrogens is 1. The lowest BCUT2D eigenvalue weighted by Crippen LogP contribution is -2.01. The molecule has 0 aliphatic rings. The van der Waals surface area contributed by atoms with Gasteiger partial charge in [0, 0.05) is 6.54 Å². The van der Waals surface area contributed by atoms with Crippen molar-refractivity contribution >= 4 is 11.1 Å². The standard InChI is InChI=1S/C9H8F2N2O2/c10-8(11)15-9-13-6-2-1-5(4-12)3-7(6)14-9/h1-3,8H,4,12H2. The zero-order valence-electron chi connectivity index (χ0n) is 7.61. The van der Waals surface area contributed by atoms with E-state index in [1.54, 1.807) is 18.2 Å². The summed E-state index contributed by atoms with van der Waals surface area (Å²) in [5.74, 6) is 0. The predicted molar refractivity (Wildman–Crippen MR) is 48.5 cm³/mol. The molecule has 0 saturated heterocycles. The van der Waals surface area contributed by atoms with Gasteiger partial charge in [-0.25, -0.2) is 0 Å². The lowest BCUT2D eigenvalue weighted by atomic mass is 10.2. The van der Waals surface area contributed by atoms with Gasteiger partial charge in [-0.1, -0.05) is 6.07 Å². The summed E-state index contributed by atoms with van der Waals surface area (Å²) in [6.07, 6.45) is -0.436. The number of benzene rings is 1. The van der Waals surface area contributed by atoms with Crippen LogP contribution in [0.15, 0.2) is 22.6 Å². The van der Waals surface area contributed by atoms with Crippen molar-refractivity contribution < 1.29 is 17.9 Å². The summed E-state index contributed by atoms with van der Waals surface area (Å²) in [4.78, 5) is 3.72. The number of rotatable bonds is 3. The van der Waals surface area contributed by atoms with E-state index in [4.69, 9.17) is 10.2 Å². The molecule has 0 aliphatic heterocycles. The zero-order valence-corrected chi connectivity index (χ0v) is 7.61. The van der Waals surface area contributed by atoms with Gasteiger partial charge < -0.3 is 14.9 Å². The second-order valence-electron chi connectivity index (χ2n) is 2.86. The Morgan fingerprint density at radius 2 is 2.27 bits per heavy atom. The molecule has 0 amide bonds. The van der Waals surface area contributed by atoms with Crippen LogP contribution in [0.2, 0.25) is 0 Å². The number of halogens is 2. The maximum absolute atomic E-state index is 11.9. The van der Waals surface area contributed by atoms with E-state index >= 15 is 0 Å². The Balaban J connectivity index is 2.37. The van der Waals surface area contributed by atoms with Crippen LogP contribution in [0.4, 0.5) is 8.78 Å². The van der Waals surface area contributed by atoms with Crippen molar-refractivity contribution in [1.82, 2.24) is 4.98 Å². The van der Waals surface area contributed by atoms with Crippen LogP contribution in [0.5, 0.6) is 6.08 Å². The van der Waals surface area contributed by atoms with Gasteiger partial charge in [-0.05, 0) is 17.7 Å². The Morgan fingerprint density at radius 1 is 1.47 bits per heavy atom. The van der Waals surface area contributed by atoms with Crippen LogP contribution in [0.1, 0.15) is 5.56 Å². The minimum absolute atomic E-state index is 0.349. The Morgan fingerprint density at radius 3 is 2.93 bits per heavy atom. The molecule has 6 heteroatoms. The van der Waals surface area contributed by atoms with Crippen molar-refractivity contribution in [2.45, 2.75) is 13.2 Å². The Kier molecular flexibility index (Phi) is 2.51. The van der Waals surface area contributed by atoms with Crippen LogP contribution in [0, 0.1) is 0 Å². The molecule has 0 radical (unpaired) electrons. The molecule has 0 atom stereocenters. The number of nitrogens with zero attached hydrogens (tertiary/aromatic N) is 1. The third-order valence-corrected chi connectivity index (χ3v) is 1.86. The smallest absolute Gasteiger partial charge is 0.399 e. The van der Waals surface area contributed by atoms with Crippen molar-refractivity contribution in [1.29, 1.82) is 0 Å². The third kappa shape index (κ3) is 2.04. The summed E-state index contributed by atoms with van der Waals surface area (Å²) >= 11 is 0. The van der Waals surface area contributed by atoms with Crippen LogP contribution in [0.3, 0.4) is 0 Å². The number of hydrogen-bond donors (Lipinski definition) is 1. The highest BCUT2D eigenvalue weighted by molar-refractivity contribution is 5.73. The van der Waals surface area contributed by atoms with Crippen LogP contribution in [-0.2, 0) is 6.54 Å². The molecule has 1 aromatic heterocycles. The summed E-state index contributed by atoms with van der Waals surface area (Å²) in [7, 11) is 0. The van der Waals surface area contributed by atoms with Gasteiger partial charge in [0.1, 0.15) is 5.52 Å². The van der Waals surface area contributed by atoms with Crippen molar-refractivity contribution in [2.75, 3.05) is 0 Å². The third-order valence-electron chi connectivity index (χ3n) is 1.86. The first kappa shape index (κ1) is 9.85. The molecule has 0 unspecified atom stereocenters. The average Bonchev–Trinajstić information content (AvgIpc) is 2.57. The number of fused-ring (bicyclic) bond motifs is 1. The lowest BCUT2D eigenvalue weighted by Gasteiger charge is -1.95. The van der Waals surface area contributed by atoms with Gasteiger partial charge in [-0.3, -0.25) is 0 Å². The molecule has 15 heavy (non-hydrogen) atoms. The normalized spacial score (nSPS) is 11.2. The van der Waals surface area contributed by atoms with Crippen LogP contribution in [-0.4, -0.2) is 11.6 Å². The molecule has 0 aliphatic carbocycles. The Hall–Kier alpha value is -1.69. The van der Waals surface area contributed by atoms with E-state index in [2.05, 4.69) is 9.72 Å². The molecule has 1 heterocycles. The summed E-state index contributed by atoms with van der Waals surface area (Å²) in [6, 6.07) is 5.02. The highest BCUT2D eigenvalue weighted by Crippen LogP contribution is 2.22. The summed E-state index contributed by atoms with van der Waals surface area (Å²) in [5.41, 5.74) is 7.09. The zero-order chi connectivity index (χ0) is 10.8. The maximum Gasteiger partial charge on any atom is 0.399 e. The molecular formula is C9H8F2N2O2. The topological polar surface area (TPSA) is 61.3 Å². The second-order valence-corrected chi connectivity index (χ2v) is 2.86. The van der Waals surface area contributed by atoms with Gasteiger partial charge >= 0.3 is 12.7 Å². The van der Waals surface area contributed by atoms with E-state index in [1.807, 2.05) is 0 Å². The summed E-state index contributed by atoms with van der Waals surface area (Å²) < 4.78 is 32.7. The van der Waals surface area contributed by atoms with Gasteiger partial charge in [0.15, 0.2) is 5.58 Å². The van der Waals surface area contributed by atoms with Gasteiger partial charge in [-0.15, -0.1) is 0 Å². The van der Waals surface area contributed by atoms with Crippen LogP contribution < -0.4 is 10.5 Å². The highest BCUT2D eigenvalue weighted by Gasteiger charge is 2.11. The van der Waals surface area contributed by atoms with E-state index in [-0.39, 0.29) is 0 Å². The largest absolute Gasteiger partial charge is 0.409 e. The Labute approximate surface area is 83.6 Å². The fourth-order valence-electron chi connectivity index (χ4n) is 1.20. The monoisotopic (exact) mass is 214 g/mol. The summed E-state index contributed by atoms with van der Waals surface area (Å²) in [6.45, 7) is -2.59. The molecule has 0 spiro atoms. The van der Waals surface area contributed by atoms with Gasteiger partial charge in [0.25, 0.3) is 0 Å². The molecule has 0 bridgehead atoms. The lowest BCUT2D eigenvalue weighted by molar-refractivity contribution is -0.0664. The molecule has 1 aromatic carbocycles. The number of alkyl halides is 2. The first-order valence-corrected chi connectivity index (χ1v) is 4.23. The summed E-state index contributed by atoms with van der Waals surface area (Å²) in [5, 5.41) is 0. The molecule has 2 rings (SSSR count). The molecule has 4 nitrogen and oxygen atoms in total. The van der Waals surface area contributed by atoms with Crippen molar-refractivity contribution in [2.24, 2.45) is 5.73 Å². The highest BCUT2D eigenvalue weighted by atomic mass is 19.3. The van der Waals surface area contributed by atoms with E-state index in [0.717, 1.165) is 5.56 Å². The quantitative estimate of drug-likeness (QED) is 0.847. The number of oxazole rings is 1. The first-order chi connectivity index (χ1) is 7.19. The molecule has 0 saturated carbocycles. The first-order valence-electron chi connectivity index (χ1n) is 4.23. The second kappa shape index (κ2) is 3.82. The SMILES string of the molecule is NCc1ccc2nc(OC(F)F)oc2c1. The van der Waals surface area contributed by atoms with Crippen molar-refractivity contribution in [3.63, 3.8) is 0 Å². The predicted octanol–water partition coefficient (Wildman–Crippen LogP) is 1.89. The van der Waals surface area contributed by atoms with Crippen LogP contribution >= 0.6 is 0 Å². The van der Waals surface area contributed by atoms with E-state index in [9.17, 15) is 8.78 Å². The molecule has 2 N–H and O–H groups in total. The van der Waals surface area contributed by atoms with Crippen molar-refractivity contribution in [3.05, 3.63) is 23.8 Å². The van der Waals surface area contributed by atoms with Gasteiger partial charge in [0.05, 0.1) is 0 Å². The maximum atomic E-state index is 11.9. The number of hydrogen-bond acceptors (Lipinski definition) is 4. The molecule has 0 fully saturated rings. The van der Waals surface area contributed by atoms with Crippen LogP contribution in [0.25, 0.3) is 11.1 Å². The number of ether oxygens (including phenoxy) is 1. The molecule has 80 valence electrons. The average molecular weight is 214 g/mol. The Bertz CT molecular complexity index is 470. The molecular weight excluding hydrogens is 206 g/mol. The number of nitrogens with two attached hydrogens (primary N) is 1.